The number of pyridine rings is 1. The van der Waals surface area contributed by atoms with Crippen molar-refractivity contribution < 1.29 is 19.4 Å². The molecule has 0 unspecified atom stereocenters. The fourth-order valence-electron chi connectivity index (χ4n) is 2.51. The molecule has 2 heterocycles. The zero-order chi connectivity index (χ0) is 17.6. The Balaban J connectivity index is 1.63. The number of nitrogens with one attached hydrogen (secondary N) is 2. The van der Waals surface area contributed by atoms with Gasteiger partial charge in [-0.15, -0.1) is 0 Å². The lowest BCUT2D eigenvalue weighted by Gasteiger charge is -2.14. The first-order valence-corrected chi connectivity index (χ1v) is 7.74. The Morgan fingerprint density at radius 2 is 2.00 bits per heavy atom. The highest BCUT2D eigenvalue weighted by Gasteiger charge is 2.22. The van der Waals surface area contributed by atoms with Gasteiger partial charge in [0.1, 0.15) is 18.3 Å². The number of aliphatic carboxylic acids is 1. The molecule has 25 heavy (non-hydrogen) atoms. The minimum Gasteiger partial charge on any atom is -0.480 e. The second-order valence-corrected chi connectivity index (χ2v) is 5.51. The first kappa shape index (κ1) is 16.5. The van der Waals surface area contributed by atoms with E-state index < -0.39 is 18.1 Å². The van der Waals surface area contributed by atoms with E-state index in [-0.39, 0.29) is 13.0 Å². The largest absolute Gasteiger partial charge is 0.480 e. The van der Waals surface area contributed by atoms with Crippen LogP contribution in [0.1, 0.15) is 11.1 Å². The van der Waals surface area contributed by atoms with Crippen molar-refractivity contribution in [3.8, 4) is 0 Å². The first-order chi connectivity index (χ1) is 12.1. The Kier molecular flexibility index (Phi) is 4.94. The van der Waals surface area contributed by atoms with Gasteiger partial charge in [-0.2, -0.15) is 0 Å². The molecule has 0 radical (unpaired) electrons. The molecule has 0 aliphatic carbocycles. The van der Waals surface area contributed by atoms with Gasteiger partial charge in [0.05, 0.1) is 0 Å². The number of carboxylic acid groups (broad SMARTS) is 1. The second kappa shape index (κ2) is 7.48. The fourth-order valence-corrected chi connectivity index (χ4v) is 2.51. The molecule has 3 N–H and O–H groups in total. The third kappa shape index (κ3) is 4.14. The van der Waals surface area contributed by atoms with Crippen molar-refractivity contribution in [3.63, 3.8) is 0 Å². The molecule has 0 saturated heterocycles. The highest BCUT2D eigenvalue weighted by atomic mass is 16.5. The van der Waals surface area contributed by atoms with Crippen LogP contribution in [0.15, 0.2) is 54.9 Å². The minimum absolute atomic E-state index is 0.0794. The molecule has 7 heteroatoms. The fraction of sp³-hybridized carbons (Fsp3) is 0.167. The lowest BCUT2D eigenvalue weighted by Crippen LogP contribution is -2.42. The summed E-state index contributed by atoms with van der Waals surface area (Å²) < 4.78 is 5.08. The number of rotatable bonds is 6. The molecule has 0 spiro atoms. The predicted octanol–water partition coefficient (Wildman–Crippen LogP) is 2.49. The SMILES string of the molecule is O=C(N[C@H](Cc1c[nH]c2ncccc12)C(=O)O)OCc1ccccc1. The lowest BCUT2D eigenvalue weighted by molar-refractivity contribution is -0.139. The Hall–Kier alpha value is -3.35. The quantitative estimate of drug-likeness (QED) is 0.640. The van der Waals surface area contributed by atoms with Crippen molar-refractivity contribution in [1.29, 1.82) is 0 Å². The molecule has 7 nitrogen and oxygen atoms in total. The summed E-state index contributed by atoms with van der Waals surface area (Å²) in [5, 5.41) is 12.6. The molecular formula is C18H17N3O4. The number of amides is 1. The van der Waals surface area contributed by atoms with E-state index in [2.05, 4.69) is 15.3 Å². The Bertz CT molecular complexity index is 876. The summed E-state index contributed by atoms with van der Waals surface area (Å²) in [7, 11) is 0. The van der Waals surface area contributed by atoms with Crippen LogP contribution in [0.5, 0.6) is 0 Å². The minimum atomic E-state index is -1.13. The maximum atomic E-state index is 11.9. The van der Waals surface area contributed by atoms with Gasteiger partial charge in [-0.1, -0.05) is 30.3 Å². The van der Waals surface area contributed by atoms with E-state index in [4.69, 9.17) is 4.74 Å². The maximum absolute atomic E-state index is 11.9. The summed E-state index contributed by atoms with van der Waals surface area (Å²) in [6.45, 7) is 0.0794. The van der Waals surface area contributed by atoms with E-state index in [1.807, 2.05) is 36.4 Å². The van der Waals surface area contributed by atoms with E-state index in [0.29, 0.717) is 5.65 Å². The Morgan fingerprint density at radius 1 is 1.20 bits per heavy atom. The van der Waals surface area contributed by atoms with Crippen LogP contribution in [0.4, 0.5) is 4.79 Å². The maximum Gasteiger partial charge on any atom is 0.408 e. The first-order valence-electron chi connectivity index (χ1n) is 7.74. The number of alkyl carbamates (subject to hydrolysis) is 1. The number of hydrogen-bond acceptors (Lipinski definition) is 4. The number of benzene rings is 1. The van der Waals surface area contributed by atoms with Crippen LogP contribution in [-0.2, 0) is 22.6 Å². The van der Waals surface area contributed by atoms with Gasteiger partial charge >= 0.3 is 12.1 Å². The predicted molar refractivity (Wildman–Crippen MR) is 91.0 cm³/mol. The van der Waals surface area contributed by atoms with E-state index in [9.17, 15) is 14.7 Å². The van der Waals surface area contributed by atoms with Crippen LogP contribution in [0, 0.1) is 0 Å². The number of H-pyrrole nitrogens is 1. The standard InChI is InChI=1S/C18H17N3O4/c22-17(23)15(9-13-10-20-16-14(13)7-4-8-19-16)21-18(24)25-11-12-5-2-1-3-6-12/h1-8,10,15H,9,11H2,(H,19,20)(H,21,24)(H,22,23)/t15-/m1/s1. The number of nitrogens with zero attached hydrogens (tertiary/aromatic N) is 1. The molecule has 0 saturated carbocycles. The van der Waals surface area contributed by atoms with Crippen molar-refractivity contribution in [2.45, 2.75) is 19.1 Å². The molecule has 3 aromatic rings. The molecule has 0 bridgehead atoms. The third-order valence-corrected chi connectivity index (χ3v) is 3.76. The second-order valence-electron chi connectivity index (χ2n) is 5.51. The van der Waals surface area contributed by atoms with Gasteiger partial charge in [-0.3, -0.25) is 0 Å². The number of aromatic nitrogens is 2. The lowest BCUT2D eigenvalue weighted by atomic mass is 10.1. The average molecular weight is 339 g/mol. The Morgan fingerprint density at radius 3 is 2.76 bits per heavy atom. The highest BCUT2D eigenvalue weighted by Crippen LogP contribution is 2.17. The topological polar surface area (TPSA) is 104 Å². The number of carbonyl (C=O) groups excluding carboxylic acids is 1. The van der Waals surface area contributed by atoms with E-state index >= 15 is 0 Å². The van der Waals surface area contributed by atoms with Crippen LogP contribution >= 0.6 is 0 Å². The smallest absolute Gasteiger partial charge is 0.408 e. The molecule has 0 aliphatic rings. The summed E-state index contributed by atoms with van der Waals surface area (Å²) in [5.74, 6) is -1.13. The van der Waals surface area contributed by atoms with Gasteiger partial charge < -0.3 is 20.1 Å². The van der Waals surface area contributed by atoms with E-state index in [1.54, 1.807) is 18.5 Å². The van der Waals surface area contributed by atoms with Gasteiger partial charge in [-0.05, 0) is 23.3 Å². The summed E-state index contributed by atoms with van der Waals surface area (Å²) in [5.41, 5.74) is 2.26. The number of carboxylic acids is 1. The number of hydrogen-bond donors (Lipinski definition) is 3. The van der Waals surface area contributed by atoms with E-state index in [1.165, 1.54) is 0 Å². The normalized spacial score (nSPS) is 11.8. The van der Waals surface area contributed by atoms with Crippen LogP contribution < -0.4 is 5.32 Å². The van der Waals surface area contributed by atoms with Crippen molar-refractivity contribution in [2.75, 3.05) is 0 Å². The molecular weight excluding hydrogens is 322 g/mol. The van der Waals surface area contributed by atoms with Gasteiger partial charge in [0, 0.05) is 24.2 Å². The number of ether oxygens (including phenoxy) is 1. The van der Waals surface area contributed by atoms with Crippen molar-refractivity contribution in [1.82, 2.24) is 15.3 Å². The number of fused-ring (bicyclic) bond motifs is 1. The summed E-state index contributed by atoms with van der Waals surface area (Å²) in [4.78, 5) is 30.5. The molecule has 2 aromatic heterocycles. The monoisotopic (exact) mass is 339 g/mol. The van der Waals surface area contributed by atoms with Crippen LogP contribution in [-0.4, -0.2) is 33.2 Å². The van der Waals surface area contributed by atoms with Crippen LogP contribution in [0.25, 0.3) is 11.0 Å². The highest BCUT2D eigenvalue weighted by molar-refractivity contribution is 5.83. The van der Waals surface area contributed by atoms with Gasteiger partial charge in [0.25, 0.3) is 0 Å². The zero-order valence-electron chi connectivity index (χ0n) is 13.3. The van der Waals surface area contributed by atoms with Crippen molar-refractivity contribution >= 4 is 23.1 Å². The summed E-state index contributed by atoms with van der Waals surface area (Å²) >= 11 is 0. The van der Waals surface area contributed by atoms with Gasteiger partial charge in [0.2, 0.25) is 0 Å². The number of carbonyl (C=O) groups is 2. The van der Waals surface area contributed by atoms with Crippen molar-refractivity contribution in [2.24, 2.45) is 0 Å². The molecule has 128 valence electrons. The molecule has 1 amide bonds. The van der Waals surface area contributed by atoms with Crippen LogP contribution in [0.2, 0.25) is 0 Å². The van der Waals surface area contributed by atoms with Gasteiger partial charge in [0.15, 0.2) is 0 Å². The molecule has 1 aromatic carbocycles. The Labute approximate surface area is 143 Å². The van der Waals surface area contributed by atoms with Crippen LogP contribution in [0.3, 0.4) is 0 Å². The average Bonchev–Trinajstić information content (AvgIpc) is 3.03. The number of aromatic amines is 1. The molecule has 3 rings (SSSR count). The molecule has 0 aliphatic heterocycles. The van der Waals surface area contributed by atoms with E-state index in [0.717, 1.165) is 16.5 Å². The third-order valence-electron chi connectivity index (χ3n) is 3.76. The molecule has 1 atom stereocenters. The summed E-state index contributed by atoms with van der Waals surface area (Å²) in [6.07, 6.45) is 2.71. The zero-order valence-corrected chi connectivity index (χ0v) is 13.3. The molecule has 0 fully saturated rings. The summed E-state index contributed by atoms with van der Waals surface area (Å²) in [6, 6.07) is 11.7. The van der Waals surface area contributed by atoms with Crippen molar-refractivity contribution in [3.05, 3.63) is 66.0 Å². The van der Waals surface area contributed by atoms with Gasteiger partial charge in [-0.25, -0.2) is 14.6 Å².